The van der Waals surface area contributed by atoms with Crippen LogP contribution >= 0.6 is 0 Å². The SMILES string of the molecule is CCOC(=O)C1=C(C(=O)OCC)C2(C(=O)Nc3ccc(C)cc32)N(c2ccc(C)cc2)C2=C1C(=O)CCC2. The van der Waals surface area contributed by atoms with Gasteiger partial charge in [0, 0.05) is 29.1 Å². The Morgan fingerprint density at radius 3 is 2.26 bits per heavy atom. The number of carbonyl (C=O) groups excluding carboxylic acids is 4. The number of hydrogen-bond donors (Lipinski definition) is 1. The number of hydrogen-bond acceptors (Lipinski definition) is 7. The zero-order valence-corrected chi connectivity index (χ0v) is 22.0. The topological polar surface area (TPSA) is 102 Å². The summed E-state index contributed by atoms with van der Waals surface area (Å²) in [7, 11) is 0. The molecule has 0 radical (unpaired) electrons. The average molecular weight is 515 g/mol. The molecule has 5 rings (SSSR count). The molecule has 1 spiro atoms. The lowest BCUT2D eigenvalue weighted by molar-refractivity contribution is -0.143. The van der Waals surface area contributed by atoms with Crippen LogP contribution in [0.2, 0.25) is 0 Å². The van der Waals surface area contributed by atoms with Crippen molar-refractivity contribution in [3.63, 3.8) is 0 Å². The van der Waals surface area contributed by atoms with Crippen molar-refractivity contribution in [2.24, 2.45) is 0 Å². The molecule has 0 saturated carbocycles. The Morgan fingerprint density at radius 1 is 0.921 bits per heavy atom. The van der Waals surface area contributed by atoms with Gasteiger partial charge in [-0.25, -0.2) is 9.59 Å². The van der Waals surface area contributed by atoms with Gasteiger partial charge >= 0.3 is 11.9 Å². The number of esters is 2. The number of nitrogens with zero attached hydrogens (tertiary/aromatic N) is 1. The van der Waals surface area contributed by atoms with E-state index in [2.05, 4.69) is 5.32 Å². The molecule has 2 aliphatic heterocycles. The predicted molar refractivity (Wildman–Crippen MR) is 141 cm³/mol. The Hall–Kier alpha value is -4.20. The number of amides is 1. The van der Waals surface area contributed by atoms with Gasteiger partial charge in [-0.15, -0.1) is 0 Å². The van der Waals surface area contributed by atoms with Gasteiger partial charge in [-0.2, -0.15) is 0 Å². The largest absolute Gasteiger partial charge is 0.463 e. The quantitative estimate of drug-likeness (QED) is 0.590. The van der Waals surface area contributed by atoms with Crippen LogP contribution in [0.3, 0.4) is 0 Å². The molecule has 0 fully saturated rings. The van der Waals surface area contributed by atoms with Crippen LogP contribution in [0.1, 0.15) is 49.8 Å². The summed E-state index contributed by atoms with van der Waals surface area (Å²) in [5, 5.41) is 2.94. The number of carbonyl (C=O) groups is 4. The van der Waals surface area contributed by atoms with Crippen molar-refractivity contribution in [1.29, 1.82) is 0 Å². The molecule has 1 N–H and O–H groups in total. The number of anilines is 2. The highest BCUT2D eigenvalue weighted by Crippen LogP contribution is 2.55. The van der Waals surface area contributed by atoms with Crippen LogP contribution in [-0.4, -0.2) is 36.8 Å². The Morgan fingerprint density at radius 2 is 1.58 bits per heavy atom. The van der Waals surface area contributed by atoms with E-state index in [1.165, 1.54) is 0 Å². The van der Waals surface area contributed by atoms with Crippen LogP contribution in [0, 0.1) is 13.8 Å². The first-order valence-corrected chi connectivity index (χ1v) is 12.9. The van der Waals surface area contributed by atoms with Crippen molar-refractivity contribution in [2.75, 3.05) is 23.4 Å². The van der Waals surface area contributed by atoms with Gasteiger partial charge in [0.05, 0.1) is 29.9 Å². The third-order valence-electron chi connectivity index (χ3n) is 7.24. The van der Waals surface area contributed by atoms with Crippen LogP contribution in [0.4, 0.5) is 11.4 Å². The second-order valence-electron chi connectivity index (χ2n) is 9.67. The molecule has 3 aliphatic rings. The number of fused-ring (bicyclic) bond motifs is 2. The summed E-state index contributed by atoms with van der Waals surface area (Å²) < 4.78 is 10.9. The lowest BCUT2D eigenvalue weighted by Crippen LogP contribution is -2.58. The molecule has 8 heteroatoms. The van der Waals surface area contributed by atoms with E-state index < -0.39 is 23.4 Å². The van der Waals surface area contributed by atoms with Gasteiger partial charge in [0.1, 0.15) is 0 Å². The van der Waals surface area contributed by atoms with Gasteiger partial charge in [0.25, 0.3) is 5.91 Å². The Kier molecular flexibility index (Phi) is 6.42. The van der Waals surface area contributed by atoms with E-state index in [0.717, 1.165) is 11.1 Å². The fourth-order valence-corrected chi connectivity index (χ4v) is 5.73. The first-order valence-electron chi connectivity index (χ1n) is 12.9. The number of Topliss-reactive ketones (excluding diaryl/α,β-unsaturated/α-hetero) is 1. The molecule has 1 unspecified atom stereocenters. The number of ether oxygens (including phenoxy) is 2. The van der Waals surface area contributed by atoms with Crippen molar-refractivity contribution < 1.29 is 28.7 Å². The summed E-state index contributed by atoms with van der Waals surface area (Å²) in [5.41, 5.74) is 1.99. The van der Waals surface area contributed by atoms with Crippen molar-refractivity contribution in [3.8, 4) is 0 Å². The molecule has 2 aromatic carbocycles. The van der Waals surface area contributed by atoms with Crippen LogP contribution < -0.4 is 10.2 Å². The first kappa shape index (κ1) is 25.4. The Bertz CT molecular complexity index is 1440. The molecule has 0 saturated heterocycles. The third-order valence-corrected chi connectivity index (χ3v) is 7.24. The van der Waals surface area contributed by atoms with Crippen LogP contribution in [-0.2, 0) is 34.2 Å². The zero-order chi connectivity index (χ0) is 27.2. The zero-order valence-electron chi connectivity index (χ0n) is 22.0. The molecular formula is C30H30N2O6. The van der Waals surface area contributed by atoms with Gasteiger partial charge in [-0.3, -0.25) is 9.59 Å². The lowest BCUT2D eigenvalue weighted by atomic mass is 9.71. The van der Waals surface area contributed by atoms with Crippen LogP contribution in [0.5, 0.6) is 0 Å². The maximum Gasteiger partial charge on any atom is 0.339 e. The van der Waals surface area contributed by atoms with Gasteiger partial charge in [0.2, 0.25) is 0 Å². The van der Waals surface area contributed by atoms with Gasteiger partial charge < -0.3 is 19.7 Å². The van der Waals surface area contributed by atoms with Crippen LogP contribution in [0.15, 0.2) is 64.9 Å². The highest BCUT2D eigenvalue weighted by atomic mass is 16.5. The summed E-state index contributed by atoms with van der Waals surface area (Å²) in [6, 6.07) is 13.0. The monoisotopic (exact) mass is 514 g/mol. The summed E-state index contributed by atoms with van der Waals surface area (Å²) in [6.45, 7) is 7.20. The summed E-state index contributed by atoms with van der Waals surface area (Å²) in [6.07, 6.45) is 1.20. The van der Waals surface area contributed by atoms with E-state index in [-0.39, 0.29) is 42.1 Å². The van der Waals surface area contributed by atoms with E-state index in [1.54, 1.807) is 24.8 Å². The second kappa shape index (κ2) is 9.59. The smallest absolute Gasteiger partial charge is 0.339 e. The number of nitrogens with one attached hydrogen (secondary N) is 1. The molecule has 0 aromatic heterocycles. The molecule has 2 aromatic rings. The summed E-state index contributed by atoms with van der Waals surface area (Å²) in [4.78, 5) is 57.1. The number of ketones is 1. The first-order chi connectivity index (χ1) is 18.2. The van der Waals surface area contributed by atoms with Gasteiger partial charge in [-0.1, -0.05) is 35.4 Å². The van der Waals surface area contributed by atoms with Crippen molar-refractivity contribution in [2.45, 2.75) is 52.5 Å². The van der Waals surface area contributed by atoms with Crippen LogP contribution in [0.25, 0.3) is 0 Å². The maximum absolute atomic E-state index is 14.3. The van der Waals surface area contributed by atoms with Gasteiger partial charge in [0.15, 0.2) is 11.3 Å². The molecule has 196 valence electrons. The molecule has 1 aliphatic carbocycles. The second-order valence-corrected chi connectivity index (χ2v) is 9.67. The predicted octanol–water partition coefficient (Wildman–Crippen LogP) is 4.40. The minimum Gasteiger partial charge on any atom is -0.463 e. The van der Waals surface area contributed by atoms with Crippen molar-refractivity contribution >= 4 is 35.0 Å². The Balaban J connectivity index is 1.98. The Labute approximate surface area is 221 Å². The number of benzene rings is 2. The van der Waals surface area contributed by atoms with Gasteiger partial charge in [-0.05, 0) is 58.7 Å². The molecular weight excluding hydrogens is 484 g/mol. The number of aryl methyl sites for hydroxylation is 2. The molecule has 1 amide bonds. The third kappa shape index (κ3) is 3.66. The summed E-state index contributed by atoms with van der Waals surface area (Å²) in [5.74, 6) is -2.45. The fraction of sp³-hybridized carbons (Fsp3) is 0.333. The highest BCUT2D eigenvalue weighted by Gasteiger charge is 2.62. The van der Waals surface area contributed by atoms with Crippen molar-refractivity contribution in [1.82, 2.24) is 0 Å². The van der Waals surface area contributed by atoms with E-state index in [0.29, 0.717) is 35.5 Å². The molecule has 0 bridgehead atoms. The van der Waals surface area contributed by atoms with E-state index in [4.69, 9.17) is 9.47 Å². The normalized spacial score (nSPS) is 20.4. The summed E-state index contributed by atoms with van der Waals surface area (Å²) >= 11 is 0. The molecule has 1 atom stereocenters. The minimum absolute atomic E-state index is 0.0151. The minimum atomic E-state index is -1.79. The number of allylic oxidation sites excluding steroid dienone is 1. The standard InChI is InChI=1S/C30H30N2O6/c1-5-37-27(34)25-24-22(8-7-9-23(24)33)32(19-13-10-17(3)11-14-19)30(26(25)28(35)38-6-2)20-16-18(4)12-15-21(20)31-29(30)36/h10-16H,5-9H2,1-4H3,(H,31,36). The number of rotatable bonds is 5. The lowest BCUT2D eigenvalue weighted by Gasteiger charge is -2.48. The molecule has 38 heavy (non-hydrogen) atoms. The van der Waals surface area contributed by atoms with E-state index in [9.17, 15) is 19.2 Å². The fourth-order valence-electron chi connectivity index (χ4n) is 5.73. The van der Waals surface area contributed by atoms with E-state index >= 15 is 0 Å². The highest BCUT2D eigenvalue weighted by molar-refractivity contribution is 6.24. The average Bonchev–Trinajstić information content (AvgIpc) is 3.15. The molecule has 8 nitrogen and oxygen atoms in total. The maximum atomic E-state index is 14.3. The van der Waals surface area contributed by atoms with E-state index in [1.807, 2.05) is 50.2 Å². The van der Waals surface area contributed by atoms with Crippen molar-refractivity contribution in [3.05, 3.63) is 81.6 Å². The molecule has 2 heterocycles.